The number of hydrogen-bond acceptors (Lipinski definition) is 4. The first kappa shape index (κ1) is 13.7. The summed E-state index contributed by atoms with van der Waals surface area (Å²) in [5.74, 6) is 1.19. The van der Waals surface area contributed by atoms with Crippen molar-refractivity contribution in [2.75, 3.05) is 19.7 Å². The SMILES string of the molecule is CC1(C(=O)NCC2COc3ccccc3O2)CNC(=O)C1. The quantitative estimate of drug-likeness (QED) is 0.848. The molecule has 2 atom stereocenters. The van der Waals surface area contributed by atoms with Crippen molar-refractivity contribution >= 4 is 11.8 Å². The minimum Gasteiger partial charge on any atom is -0.486 e. The van der Waals surface area contributed by atoms with E-state index >= 15 is 0 Å². The molecule has 0 aliphatic carbocycles. The van der Waals surface area contributed by atoms with E-state index in [1.807, 2.05) is 24.3 Å². The first-order valence-electron chi connectivity index (χ1n) is 7.00. The van der Waals surface area contributed by atoms with Crippen LogP contribution in [0.25, 0.3) is 0 Å². The Morgan fingerprint density at radius 3 is 2.90 bits per heavy atom. The lowest BCUT2D eigenvalue weighted by molar-refractivity contribution is -0.131. The van der Waals surface area contributed by atoms with Gasteiger partial charge in [0.25, 0.3) is 0 Å². The Bertz CT molecular complexity index is 575. The van der Waals surface area contributed by atoms with E-state index in [0.29, 0.717) is 25.4 Å². The molecule has 0 saturated carbocycles. The van der Waals surface area contributed by atoms with E-state index in [-0.39, 0.29) is 24.3 Å². The Hall–Kier alpha value is -2.24. The third-order valence-corrected chi connectivity index (χ3v) is 3.83. The maximum absolute atomic E-state index is 12.2. The zero-order chi connectivity index (χ0) is 14.9. The van der Waals surface area contributed by atoms with Crippen LogP contribution in [0.5, 0.6) is 11.5 Å². The molecule has 1 aromatic rings. The molecule has 112 valence electrons. The van der Waals surface area contributed by atoms with Crippen molar-refractivity contribution in [2.45, 2.75) is 19.4 Å². The van der Waals surface area contributed by atoms with Crippen LogP contribution in [-0.2, 0) is 9.59 Å². The Morgan fingerprint density at radius 2 is 2.19 bits per heavy atom. The van der Waals surface area contributed by atoms with E-state index in [1.165, 1.54) is 0 Å². The van der Waals surface area contributed by atoms with Gasteiger partial charge < -0.3 is 20.1 Å². The van der Waals surface area contributed by atoms with Crippen LogP contribution in [0.1, 0.15) is 13.3 Å². The first-order valence-corrected chi connectivity index (χ1v) is 7.00. The molecule has 0 radical (unpaired) electrons. The molecule has 2 unspecified atom stereocenters. The van der Waals surface area contributed by atoms with Crippen LogP contribution >= 0.6 is 0 Å². The minimum absolute atomic E-state index is 0.0844. The average Bonchev–Trinajstić information content (AvgIpc) is 2.85. The molecule has 1 fully saturated rings. The summed E-state index contributed by atoms with van der Waals surface area (Å²) in [6.07, 6.45) is 0.00136. The number of carbonyl (C=O) groups excluding carboxylic acids is 2. The molecule has 2 heterocycles. The number of amides is 2. The van der Waals surface area contributed by atoms with Crippen molar-refractivity contribution in [1.82, 2.24) is 10.6 Å². The average molecular weight is 290 g/mol. The van der Waals surface area contributed by atoms with Gasteiger partial charge in [0.2, 0.25) is 11.8 Å². The van der Waals surface area contributed by atoms with Crippen LogP contribution < -0.4 is 20.1 Å². The fourth-order valence-corrected chi connectivity index (χ4v) is 2.52. The Kier molecular flexibility index (Phi) is 3.45. The minimum atomic E-state index is -0.676. The molecule has 2 N–H and O–H groups in total. The summed E-state index contributed by atoms with van der Waals surface area (Å²) in [5, 5.41) is 5.54. The van der Waals surface area contributed by atoms with Crippen molar-refractivity contribution in [2.24, 2.45) is 5.41 Å². The highest BCUT2D eigenvalue weighted by atomic mass is 16.6. The molecule has 6 heteroatoms. The second-order valence-electron chi connectivity index (χ2n) is 5.72. The zero-order valence-electron chi connectivity index (χ0n) is 11.8. The summed E-state index contributed by atoms with van der Waals surface area (Å²) in [5.41, 5.74) is -0.676. The molecule has 1 saturated heterocycles. The van der Waals surface area contributed by atoms with E-state index in [2.05, 4.69) is 10.6 Å². The molecular formula is C15H18N2O4. The third kappa shape index (κ3) is 2.79. The Balaban J connectivity index is 1.55. The largest absolute Gasteiger partial charge is 0.486 e. The van der Waals surface area contributed by atoms with Crippen LogP contribution in [-0.4, -0.2) is 37.6 Å². The highest BCUT2D eigenvalue weighted by molar-refractivity contribution is 5.92. The van der Waals surface area contributed by atoms with Gasteiger partial charge in [0.15, 0.2) is 11.5 Å². The molecular weight excluding hydrogens is 272 g/mol. The third-order valence-electron chi connectivity index (χ3n) is 3.83. The molecule has 0 bridgehead atoms. The lowest BCUT2D eigenvalue weighted by Gasteiger charge is -2.28. The summed E-state index contributed by atoms with van der Waals surface area (Å²) in [6.45, 7) is 2.92. The van der Waals surface area contributed by atoms with Crippen LogP contribution in [0.2, 0.25) is 0 Å². The van der Waals surface area contributed by atoms with Crippen molar-refractivity contribution in [3.8, 4) is 11.5 Å². The molecule has 21 heavy (non-hydrogen) atoms. The van der Waals surface area contributed by atoms with E-state index in [0.717, 1.165) is 5.75 Å². The summed E-state index contributed by atoms with van der Waals surface area (Å²) in [4.78, 5) is 23.5. The maximum Gasteiger partial charge on any atom is 0.228 e. The van der Waals surface area contributed by atoms with Gasteiger partial charge in [0, 0.05) is 13.0 Å². The first-order chi connectivity index (χ1) is 10.1. The Morgan fingerprint density at radius 1 is 1.43 bits per heavy atom. The summed E-state index contributed by atoms with van der Waals surface area (Å²) >= 11 is 0. The van der Waals surface area contributed by atoms with Crippen LogP contribution in [0, 0.1) is 5.41 Å². The fraction of sp³-hybridized carbons (Fsp3) is 0.467. The molecule has 2 aliphatic heterocycles. The number of benzene rings is 1. The standard InChI is InChI=1S/C15H18N2O4/c1-15(6-13(18)17-9-15)14(19)16-7-10-8-20-11-4-2-3-5-12(11)21-10/h2-5,10H,6-9H2,1H3,(H,16,19)(H,17,18). The second kappa shape index (κ2) is 5.27. The normalized spacial score (nSPS) is 27.1. The molecule has 2 aliphatic rings. The monoisotopic (exact) mass is 290 g/mol. The number of para-hydroxylation sites is 2. The van der Waals surface area contributed by atoms with E-state index in [4.69, 9.17) is 9.47 Å². The van der Waals surface area contributed by atoms with Gasteiger partial charge in [-0.1, -0.05) is 12.1 Å². The van der Waals surface area contributed by atoms with Crippen LogP contribution in [0.4, 0.5) is 0 Å². The van der Waals surface area contributed by atoms with Crippen molar-refractivity contribution in [3.05, 3.63) is 24.3 Å². The van der Waals surface area contributed by atoms with Gasteiger partial charge in [-0.2, -0.15) is 0 Å². The van der Waals surface area contributed by atoms with Gasteiger partial charge in [-0.05, 0) is 19.1 Å². The predicted octanol–water partition coefficient (Wildman–Crippen LogP) is 0.469. The van der Waals surface area contributed by atoms with E-state index < -0.39 is 5.41 Å². The van der Waals surface area contributed by atoms with E-state index in [1.54, 1.807) is 6.92 Å². The molecule has 6 nitrogen and oxygen atoms in total. The highest BCUT2D eigenvalue weighted by Gasteiger charge is 2.40. The van der Waals surface area contributed by atoms with Gasteiger partial charge in [0.05, 0.1) is 12.0 Å². The van der Waals surface area contributed by atoms with Crippen LogP contribution in [0.3, 0.4) is 0 Å². The second-order valence-corrected chi connectivity index (χ2v) is 5.72. The topological polar surface area (TPSA) is 76.7 Å². The smallest absolute Gasteiger partial charge is 0.228 e. The van der Waals surface area contributed by atoms with E-state index in [9.17, 15) is 9.59 Å². The maximum atomic E-state index is 12.2. The van der Waals surface area contributed by atoms with Crippen molar-refractivity contribution in [3.63, 3.8) is 0 Å². The van der Waals surface area contributed by atoms with Gasteiger partial charge in [-0.25, -0.2) is 0 Å². The Labute approximate surface area is 122 Å². The molecule has 0 aromatic heterocycles. The summed E-state index contributed by atoms with van der Waals surface area (Å²) in [6, 6.07) is 7.44. The van der Waals surface area contributed by atoms with Gasteiger partial charge in [-0.15, -0.1) is 0 Å². The van der Waals surface area contributed by atoms with Gasteiger partial charge in [-0.3, -0.25) is 9.59 Å². The summed E-state index contributed by atoms with van der Waals surface area (Å²) in [7, 11) is 0. The van der Waals surface area contributed by atoms with Gasteiger partial charge >= 0.3 is 0 Å². The lowest BCUT2D eigenvalue weighted by atomic mass is 9.88. The molecule has 2 amide bonds. The van der Waals surface area contributed by atoms with Crippen LogP contribution in [0.15, 0.2) is 24.3 Å². The highest BCUT2D eigenvalue weighted by Crippen LogP contribution is 2.31. The molecule has 0 spiro atoms. The number of ether oxygens (including phenoxy) is 2. The number of nitrogens with one attached hydrogen (secondary N) is 2. The molecule has 3 rings (SSSR count). The fourth-order valence-electron chi connectivity index (χ4n) is 2.52. The zero-order valence-corrected chi connectivity index (χ0v) is 11.8. The van der Waals surface area contributed by atoms with Gasteiger partial charge in [0.1, 0.15) is 12.7 Å². The van der Waals surface area contributed by atoms with Crippen molar-refractivity contribution in [1.29, 1.82) is 0 Å². The van der Waals surface area contributed by atoms with Crippen molar-refractivity contribution < 1.29 is 19.1 Å². The summed E-state index contributed by atoms with van der Waals surface area (Å²) < 4.78 is 11.4. The lowest BCUT2D eigenvalue weighted by Crippen LogP contribution is -2.46. The molecule has 1 aromatic carbocycles. The number of rotatable bonds is 3. The number of fused-ring (bicyclic) bond motifs is 1. The number of hydrogen-bond donors (Lipinski definition) is 2. The number of carbonyl (C=O) groups is 2. The predicted molar refractivity (Wildman–Crippen MR) is 75.1 cm³/mol.